The minimum Gasteiger partial charge on any atom is -0.387 e. The predicted octanol–water partition coefficient (Wildman–Crippen LogP) is 3.77. The standard InChI is InChI=1S/C15H16Cl2N2O/c1-10(12-6-13(16)8-14(17)7-12)19-9-15(20)11-2-4-18-5-3-11/h2-8,10,15,19-20H,9H2,1H3. The summed E-state index contributed by atoms with van der Waals surface area (Å²) in [5.41, 5.74) is 1.83. The summed E-state index contributed by atoms with van der Waals surface area (Å²) < 4.78 is 0. The highest BCUT2D eigenvalue weighted by Crippen LogP contribution is 2.23. The highest BCUT2D eigenvalue weighted by Gasteiger charge is 2.11. The molecule has 0 bridgehead atoms. The SMILES string of the molecule is CC(NCC(O)c1ccncc1)c1cc(Cl)cc(Cl)c1. The van der Waals surface area contributed by atoms with Crippen molar-refractivity contribution in [2.24, 2.45) is 0 Å². The first-order chi connectivity index (χ1) is 9.56. The fourth-order valence-corrected chi connectivity index (χ4v) is 2.48. The molecular formula is C15H16Cl2N2O. The van der Waals surface area contributed by atoms with Gasteiger partial charge in [0.1, 0.15) is 0 Å². The van der Waals surface area contributed by atoms with Gasteiger partial charge in [0.25, 0.3) is 0 Å². The van der Waals surface area contributed by atoms with Gasteiger partial charge in [-0.3, -0.25) is 4.98 Å². The maximum atomic E-state index is 10.1. The Hall–Kier alpha value is -1.13. The lowest BCUT2D eigenvalue weighted by Crippen LogP contribution is -2.24. The van der Waals surface area contributed by atoms with Crippen LogP contribution in [0.2, 0.25) is 10.0 Å². The van der Waals surface area contributed by atoms with Crippen molar-refractivity contribution in [2.75, 3.05) is 6.54 Å². The number of nitrogens with one attached hydrogen (secondary N) is 1. The van der Waals surface area contributed by atoms with E-state index in [0.717, 1.165) is 11.1 Å². The van der Waals surface area contributed by atoms with Gasteiger partial charge in [-0.25, -0.2) is 0 Å². The van der Waals surface area contributed by atoms with Crippen LogP contribution in [0.25, 0.3) is 0 Å². The van der Waals surface area contributed by atoms with Crippen LogP contribution < -0.4 is 5.32 Å². The molecule has 0 amide bonds. The van der Waals surface area contributed by atoms with Crippen LogP contribution in [0.5, 0.6) is 0 Å². The summed E-state index contributed by atoms with van der Waals surface area (Å²) >= 11 is 12.0. The average Bonchev–Trinajstić information content (AvgIpc) is 2.44. The molecule has 2 atom stereocenters. The van der Waals surface area contributed by atoms with Gasteiger partial charge in [0.15, 0.2) is 0 Å². The minimum atomic E-state index is -0.574. The van der Waals surface area contributed by atoms with Gasteiger partial charge in [-0.2, -0.15) is 0 Å². The molecule has 1 aromatic carbocycles. The number of hydrogen-bond donors (Lipinski definition) is 2. The van der Waals surface area contributed by atoms with Crippen molar-refractivity contribution < 1.29 is 5.11 Å². The Balaban J connectivity index is 1.96. The van der Waals surface area contributed by atoms with E-state index in [-0.39, 0.29) is 6.04 Å². The molecule has 106 valence electrons. The highest BCUT2D eigenvalue weighted by molar-refractivity contribution is 6.34. The Bertz CT molecular complexity index is 543. The van der Waals surface area contributed by atoms with E-state index in [1.807, 2.05) is 19.1 Å². The molecule has 5 heteroatoms. The highest BCUT2D eigenvalue weighted by atomic mass is 35.5. The number of hydrogen-bond acceptors (Lipinski definition) is 3. The summed E-state index contributed by atoms with van der Waals surface area (Å²) in [7, 11) is 0. The van der Waals surface area contributed by atoms with E-state index in [9.17, 15) is 5.11 Å². The van der Waals surface area contributed by atoms with Gasteiger partial charge in [-0.05, 0) is 48.4 Å². The lowest BCUT2D eigenvalue weighted by Gasteiger charge is -2.18. The van der Waals surface area contributed by atoms with Crippen molar-refractivity contribution >= 4 is 23.2 Å². The zero-order chi connectivity index (χ0) is 14.5. The lowest BCUT2D eigenvalue weighted by molar-refractivity contribution is 0.170. The Morgan fingerprint density at radius 3 is 2.30 bits per heavy atom. The Kier molecular flexibility index (Phi) is 5.38. The molecule has 0 saturated heterocycles. The van der Waals surface area contributed by atoms with E-state index < -0.39 is 6.10 Å². The zero-order valence-electron chi connectivity index (χ0n) is 11.1. The molecule has 0 spiro atoms. The molecule has 2 rings (SSSR count). The summed E-state index contributed by atoms with van der Waals surface area (Å²) in [4.78, 5) is 3.93. The lowest BCUT2D eigenvalue weighted by atomic mass is 10.1. The van der Waals surface area contributed by atoms with Gasteiger partial charge in [0, 0.05) is 35.0 Å². The third kappa shape index (κ3) is 4.18. The maximum Gasteiger partial charge on any atom is 0.0915 e. The maximum absolute atomic E-state index is 10.1. The molecule has 0 radical (unpaired) electrons. The molecule has 1 aromatic heterocycles. The van der Waals surface area contributed by atoms with Gasteiger partial charge < -0.3 is 10.4 Å². The van der Waals surface area contributed by atoms with Crippen LogP contribution in [-0.2, 0) is 0 Å². The fourth-order valence-electron chi connectivity index (χ4n) is 1.93. The van der Waals surface area contributed by atoms with E-state index in [4.69, 9.17) is 23.2 Å². The number of benzene rings is 1. The second kappa shape index (κ2) is 7.04. The molecule has 3 nitrogen and oxygen atoms in total. The van der Waals surface area contributed by atoms with Crippen LogP contribution in [-0.4, -0.2) is 16.6 Å². The van der Waals surface area contributed by atoms with E-state index in [1.165, 1.54) is 0 Å². The first-order valence-electron chi connectivity index (χ1n) is 6.33. The summed E-state index contributed by atoms with van der Waals surface area (Å²) in [6.07, 6.45) is 2.76. The molecule has 0 fully saturated rings. The minimum absolute atomic E-state index is 0.0442. The molecule has 2 N–H and O–H groups in total. The molecule has 0 aliphatic carbocycles. The quantitative estimate of drug-likeness (QED) is 0.883. The van der Waals surface area contributed by atoms with Crippen LogP contribution in [0, 0.1) is 0 Å². The average molecular weight is 311 g/mol. The number of halogens is 2. The normalized spacial score (nSPS) is 14.0. The van der Waals surface area contributed by atoms with E-state index >= 15 is 0 Å². The molecule has 20 heavy (non-hydrogen) atoms. The second-order valence-corrected chi connectivity index (χ2v) is 5.50. The van der Waals surface area contributed by atoms with Crippen molar-refractivity contribution in [2.45, 2.75) is 19.1 Å². The Labute approximate surface area is 128 Å². The topological polar surface area (TPSA) is 45.1 Å². The van der Waals surface area contributed by atoms with Gasteiger partial charge in [0.05, 0.1) is 6.10 Å². The van der Waals surface area contributed by atoms with Crippen LogP contribution in [0.4, 0.5) is 0 Å². The molecule has 1 heterocycles. The Morgan fingerprint density at radius 2 is 1.70 bits per heavy atom. The molecule has 2 unspecified atom stereocenters. The number of aliphatic hydroxyl groups is 1. The summed E-state index contributed by atoms with van der Waals surface area (Å²) in [6.45, 7) is 2.44. The zero-order valence-corrected chi connectivity index (χ0v) is 12.6. The summed E-state index contributed by atoms with van der Waals surface area (Å²) in [5.74, 6) is 0. The first-order valence-corrected chi connectivity index (χ1v) is 7.09. The van der Waals surface area contributed by atoms with Crippen LogP contribution in [0.15, 0.2) is 42.7 Å². The third-order valence-electron chi connectivity index (χ3n) is 3.09. The van der Waals surface area contributed by atoms with Crippen LogP contribution in [0.3, 0.4) is 0 Å². The van der Waals surface area contributed by atoms with Crippen LogP contribution >= 0.6 is 23.2 Å². The largest absolute Gasteiger partial charge is 0.387 e. The number of aliphatic hydroxyl groups excluding tert-OH is 1. The van der Waals surface area contributed by atoms with Gasteiger partial charge >= 0.3 is 0 Å². The van der Waals surface area contributed by atoms with Crippen molar-refractivity contribution in [3.63, 3.8) is 0 Å². The van der Waals surface area contributed by atoms with E-state index in [2.05, 4.69) is 10.3 Å². The molecule has 0 aliphatic heterocycles. The third-order valence-corrected chi connectivity index (χ3v) is 3.53. The van der Waals surface area contributed by atoms with E-state index in [0.29, 0.717) is 16.6 Å². The number of aromatic nitrogens is 1. The van der Waals surface area contributed by atoms with Gasteiger partial charge in [-0.1, -0.05) is 23.2 Å². The van der Waals surface area contributed by atoms with Crippen molar-refractivity contribution in [3.05, 3.63) is 63.9 Å². The number of nitrogens with zero attached hydrogens (tertiary/aromatic N) is 1. The molecule has 0 aliphatic rings. The number of rotatable bonds is 5. The molecule has 2 aromatic rings. The second-order valence-electron chi connectivity index (χ2n) is 4.63. The van der Waals surface area contributed by atoms with E-state index in [1.54, 1.807) is 30.6 Å². The molecular weight excluding hydrogens is 295 g/mol. The summed E-state index contributed by atoms with van der Waals surface area (Å²) in [6, 6.07) is 9.07. The summed E-state index contributed by atoms with van der Waals surface area (Å²) in [5, 5.41) is 14.6. The number of pyridine rings is 1. The van der Waals surface area contributed by atoms with Crippen LogP contribution in [0.1, 0.15) is 30.2 Å². The first kappa shape index (κ1) is 15.3. The Morgan fingerprint density at radius 1 is 1.10 bits per heavy atom. The van der Waals surface area contributed by atoms with Crippen molar-refractivity contribution in [1.29, 1.82) is 0 Å². The monoisotopic (exact) mass is 310 g/mol. The van der Waals surface area contributed by atoms with Crippen molar-refractivity contribution in [1.82, 2.24) is 10.3 Å². The van der Waals surface area contributed by atoms with Gasteiger partial charge in [0.2, 0.25) is 0 Å². The fraction of sp³-hybridized carbons (Fsp3) is 0.267. The van der Waals surface area contributed by atoms with Gasteiger partial charge in [-0.15, -0.1) is 0 Å². The smallest absolute Gasteiger partial charge is 0.0915 e. The van der Waals surface area contributed by atoms with Crippen molar-refractivity contribution in [3.8, 4) is 0 Å². The molecule has 0 saturated carbocycles. The predicted molar refractivity (Wildman–Crippen MR) is 82.1 cm³/mol.